The molecule has 5 nitrogen and oxygen atoms in total. The predicted octanol–water partition coefficient (Wildman–Crippen LogP) is 3.05. The Bertz CT molecular complexity index is 545. The van der Waals surface area contributed by atoms with Gasteiger partial charge in [-0.2, -0.15) is 13.2 Å². The molecule has 9 heteroatoms. The van der Waals surface area contributed by atoms with E-state index in [4.69, 9.17) is 0 Å². The van der Waals surface area contributed by atoms with E-state index in [1.807, 2.05) is 0 Å². The first-order valence-corrected chi connectivity index (χ1v) is 6.77. The zero-order valence-electron chi connectivity index (χ0n) is 12.6. The van der Waals surface area contributed by atoms with E-state index in [9.17, 15) is 27.5 Å². The average Bonchev–Trinajstić information content (AvgIpc) is 2.46. The van der Waals surface area contributed by atoms with Crippen molar-refractivity contribution >= 4 is 11.7 Å². The first-order valence-electron chi connectivity index (χ1n) is 6.77. The summed E-state index contributed by atoms with van der Waals surface area (Å²) in [6.07, 6.45) is -4.17. The summed E-state index contributed by atoms with van der Waals surface area (Å²) in [6.45, 7) is 1.40. The first kappa shape index (κ1) is 19.0. The fourth-order valence-electron chi connectivity index (χ4n) is 1.55. The van der Waals surface area contributed by atoms with Crippen LogP contribution in [0.4, 0.5) is 28.0 Å². The van der Waals surface area contributed by atoms with Crippen LogP contribution in [-0.2, 0) is 0 Å². The quantitative estimate of drug-likeness (QED) is 0.698. The lowest BCUT2D eigenvalue weighted by Gasteiger charge is -2.27. The Morgan fingerprint density at radius 2 is 2.00 bits per heavy atom. The third-order valence-corrected chi connectivity index (χ3v) is 3.13. The van der Waals surface area contributed by atoms with Crippen LogP contribution in [0.2, 0.25) is 0 Å². The Balaban J connectivity index is 2.85. The van der Waals surface area contributed by atoms with Gasteiger partial charge in [-0.05, 0) is 25.5 Å². The number of alkyl halides is 3. The summed E-state index contributed by atoms with van der Waals surface area (Å²) in [7, 11) is 0. The van der Waals surface area contributed by atoms with E-state index in [1.165, 1.54) is 0 Å². The minimum Gasteiger partial charge on any atom is -0.482 e. The summed E-state index contributed by atoms with van der Waals surface area (Å²) >= 11 is 0. The fourth-order valence-corrected chi connectivity index (χ4v) is 1.55. The number of carbonyl (C=O) groups is 1. The van der Waals surface area contributed by atoms with Crippen molar-refractivity contribution in [3.05, 3.63) is 24.0 Å². The highest BCUT2D eigenvalue weighted by atomic mass is 19.4. The van der Waals surface area contributed by atoms with E-state index in [-0.39, 0.29) is 12.3 Å². The van der Waals surface area contributed by atoms with Crippen LogP contribution in [0.3, 0.4) is 0 Å². The standard InChI is InChI=1S/C14H18F4N2O3/c1-3-13(2,7-21)20-12(22)19-10-5-4-9(15)6-11(10)23-8-14(16,17)18/h4-6,21H,3,7-8H2,1-2H3,(H2,19,20,22). The number of ether oxygens (including phenoxy) is 1. The molecule has 0 aromatic heterocycles. The maximum atomic E-state index is 13.2. The van der Waals surface area contributed by atoms with E-state index in [0.29, 0.717) is 6.42 Å². The van der Waals surface area contributed by atoms with Gasteiger partial charge in [0.2, 0.25) is 0 Å². The van der Waals surface area contributed by atoms with Crippen molar-refractivity contribution < 1.29 is 32.2 Å². The summed E-state index contributed by atoms with van der Waals surface area (Å²) < 4.78 is 54.3. The molecule has 0 saturated heterocycles. The number of halogens is 4. The summed E-state index contributed by atoms with van der Waals surface area (Å²) in [5.41, 5.74) is -1.01. The lowest BCUT2D eigenvalue weighted by Crippen LogP contribution is -2.50. The Labute approximate surface area is 130 Å². The number of anilines is 1. The zero-order valence-corrected chi connectivity index (χ0v) is 12.6. The van der Waals surface area contributed by atoms with Gasteiger partial charge >= 0.3 is 12.2 Å². The average molecular weight is 338 g/mol. The molecule has 23 heavy (non-hydrogen) atoms. The van der Waals surface area contributed by atoms with Crippen LogP contribution in [0.1, 0.15) is 20.3 Å². The Morgan fingerprint density at radius 3 is 2.52 bits per heavy atom. The molecular weight excluding hydrogens is 320 g/mol. The Kier molecular flexibility index (Phi) is 6.20. The molecule has 2 amide bonds. The van der Waals surface area contributed by atoms with E-state index in [0.717, 1.165) is 18.2 Å². The zero-order chi connectivity index (χ0) is 17.7. The number of hydrogen-bond donors (Lipinski definition) is 3. The number of aliphatic hydroxyl groups is 1. The smallest absolute Gasteiger partial charge is 0.422 e. The fraction of sp³-hybridized carbons (Fsp3) is 0.500. The third-order valence-electron chi connectivity index (χ3n) is 3.13. The van der Waals surface area contributed by atoms with Crippen LogP contribution in [0.25, 0.3) is 0 Å². The van der Waals surface area contributed by atoms with Gasteiger partial charge in [0.25, 0.3) is 0 Å². The first-order chi connectivity index (χ1) is 10.6. The predicted molar refractivity (Wildman–Crippen MR) is 75.9 cm³/mol. The van der Waals surface area contributed by atoms with E-state index in [2.05, 4.69) is 15.4 Å². The number of hydrogen-bond acceptors (Lipinski definition) is 3. The van der Waals surface area contributed by atoms with Crippen LogP contribution < -0.4 is 15.4 Å². The number of nitrogens with one attached hydrogen (secondary N) is 2. The maximum absolute atomic E-state index is 13.2. The van der Waals surface area contributed by atoms with Crippen LogP contribution >= 0.6 is 0 Å². The molecule has 3 N–H and O–H groups in total. The number of rotatable bonds is 6. The maximum Gasteiger partial charge on any atom is 0.422 e. The molecule has 130 valence electrons. The molecular formula is C14H18F4N2O3. The van der Waals surface area contributed by atoms with Crippen molar-refractivity contribution in [1.29, 1.82) is 0 Å². The molecule has 0 spiro atoms. The highest BCUT2D eigenvalue weighted by Gasteiger charge is 2.29. The van der Waals surface area contributed by atoms with Gasteiger partial charge in [0.1, 0.15) is 11.6 Å². The van der Waals surface area contributed by atoms with Crippen molar-refractivity contribution in [2.24, 2.45) is 0 Å². The molecule has 0 saturated carbocycles. The van der Waals surface area contributed by atoms with Gasteiger partial charge in [0.15, 0.2) is 6.61 Å². The molecule has 0 fully saturated rings. The van der Waals surface area contributed by atoms with E-state index in [1.54, 1.807) is 13.8 Å². The van der Waals surface area contributed by atoms with Crippen molar-refractivity contribution in [3.8, 4) is 5.75 Å². The summed E-state index contributed by atoms with van der Waals surface area (Å²) in [6, 6.07) is 2.04. The van der Waals surface area contributed by atoms with Gasteiger partial charge in [-0.15, -0.1) is 0 Å². The van der Waals surface area contributed by atoms with Crippen molar-refractivity contribution in [1.82, 2.24) is 5.32 Å². The van der Waals surface area contributed by atoms with E-state index >= 15 is 0 Å². The Morgan fingerprint density at radius 1 is 1.35 bits per heavy atom. The normalized spacial score (nSPS) is 14.0. The number of aliphatic hydroxyl groups excluding tert-OH is 1. The van der Waals surface area contributed by atoms with Gasteiger partial charge in [-0.3, -0.25) is 0 Å². The van der Waals surface area contributed by atoms with Crippen LogP contribution in [0, 0.1) is 5.82 Å². The van der Waals surface area contributed by atoms with Gasteiger partial charge in [0.05, 0.1) is 17.8 Å². The van der Waals surface area contributed by atoms with Gasteiger partial charge in [-0.25, -0.2) is 9.18 Å². The molecule has 0 aliphatic rings. The SMILES string of the molecule is CCC(C)(CO)NC(=O)Nc1ccc(F)cc1OCC(F)(F)F. The second kappa shape index (κ2) is 7.49. The number of benzene rings is 1. The highest BCUT2D eigenvalue weighted by molar-refractivity contribution is 5.91. The van der Waals surface area contributed by atoms with Crippen molar-refractivity contribution in [3.63, 3.8) is 0 Å². The summed E-state index contributed by atoms with van der Waals surface area (Å²) in [5, 5.41) is 14.0. The van der Waals surface area contributed by atoms with Gasteiger partial charge in [-0.1, -0.05) is 6.92 Å². The van der Waals surface area contributed by atoms with Gasteiger partial charge < -0.3 is 20.5 Å². The van der Waals surface area contributed by atoms with Crippen LogP contribution in [0.15, 0.2) is 18.2 Å². The van der Waals surface area contributed by atoms with E-state index < -0.39 is 35.9 Å². The Hall–Kier alpha value is -2.03. The molecule has 1 atom stereocenters. The second-order valence-electron chi connectivity index (χ2n) is 5.20. The molecule has 0 heterocycles. The summed E-state index contributed by atoms with van der Waals surface area (Å²) in [5.74, 6) is -1.25. The second-order valence-corrected chi connectivity index (χ2v) is 5.20. The largest absolute Gasteiger partial charge is 0.482 e. The molecule has 1 rings (SSSR count). The minimum atomic E-state index is -4.59. The molecule has 1 aromatic carbocycles. The molecule has 0 bridgehead atoms. The highest BCUT2D eigenvalue weighted by Crippen LogP contribution is 2.27. The third kappa shape index (κ3) is 6.31. The number of amides is 2. The molecule has 0 aliphatic heterocycles. The minimum absolute atomic E-state index is 0.121. The van der Waals surface area contributed by atoms with Crippen LogP contribution in [0.5, 0.6) is 5.75 Å². The van der Waals surface area contributed by atoms with Crippen molar-refractivity contribution in [2.45, 2.75) is 32.0 Å². The molecule has 1 unspecified atom stereocenters. The monoisotopic (exact) mass is 338 g/mol. The number of urea groups is 1. The molecule has 0 radical (unpaired) electrons. The molecule has 1 aromatic rings. The van der Waals surface area contributed by atoms with Crippen molar-refractivity contribution in [2.75, 3.05) is 18.5 Å². The van der Waals surface area contributed by atoms with Gasteiger partial charge in [0, 0.05) is 6.07 Å². The lowest BCUT2D eigenvalue weighted by atomic mass is 10.0. The molecule has 0 aliphatic carbocycles. The number of carbonyl (C=O) groups excluding carboxylic acids is 1. The topological polar surface area (TPSA) is 70.6 Å². The lowest BCUT2D eigenvalue weighted by molar-refractivity contribution is -0.153. The summed E-state index contributed by atoms with van der Waals surface area (Å²) in [4.78, 5) is 11.9. The van der Waals surface area contributed by atoms with Crippen LogP contribution in [-0.4, -0.2) is 36.1 Å².